The van der Waals surface area contributed by atoms with E-state index < -0.39 is 0 Å². The fraction of sp³-hybridized carbons (Fsp3) is 0.333. The van der Waals surface area contributed by atoms with Crippen LogP contribution in [0.25, 0.3) is 0 Å². The molecule has 2 aromatic rings. The zero-order valence-corrected chi connectivity index (χ0v) is 10.7. The average Bonchev–Trinajstić information content (AvgIpc) is 2.72. The molecule has 0 bridgehead atoms. The highest BCUT2D eigenvalue weighted by Gasteiger charge is 2.28. The Morgan fingerprint density at radius 2 is 2.18 bits per heavy atom. The average molecular weight is 244 g/mol. The summed E-state index contributed by atoms with van der Waals surface area (Å²) in [6.07, 6.45) is 1.67. The van der Waals surface area contributed by atoms with Crippen LogP contribution >= 0.6 is 11.3 Å². The lowest BCUT2D eigenvalue weighted by Gasteiger charge is -2.31. The summed E-state index contributed by atoms with van der Waals surface area (Å²) in [7, 11) is 0. The molecule has 0 fully saturated rings. The van der Waals surface area contributed by atoms with Crippen LogP contribution in [-0.4, -0.2) is 5.11 Å². The first kappa shape index (κ1) is 11.0. The van der Waals surface area contributed by atoms with Crippen molar-refractivity contribution < 1.29 is 5.11 Å². The molecule has 1 aliphatic carbocycles. The summed E-state index contributed by atoms with van der Waals surface area (Å²) < 4.78 is 0. The minimum Gasteiger partial charge on any atom is -0.388 e. The van der Waals surface area contributed by atoms with Crippen molar-refractivity contribution in [3.8, 4) is 0 Å². The maximum absolute atomic E-state index is 10.3. The van der Waals surface area contributed by atoms with Gasteiger partial charge in [0.1, 0.15) is 0 Å². The Balaban J connectivity index is 1.72. The van der Waals surface area contributed by atoms with Gasteiger partial charge in [-0.2, -0.15) is 11.3 Å². The van der Waals surface area contributed by atoms with Gasteiger partial charge in [-0.05, 0) is 58.7 Å². The number of thiophene rings is 1. The van der Waals surface area contributed by atoms with Crippen LogP contribution in [0.15, 0.2) is 35.0 Å². The van der Waals surface area contributed by atoms with E-state index in [1.165, 1.54) is 16.7 Å². The van der Waals surface area contributed by atoms with Crippen molar-refractivity contribution >= 4 is 11.3 Å². The van der Waals surface area contributed by atoms with Crippen LogP contribution in [0.5, 0.6) is 0 Å². The fourth-order valence-corrected chi connectivity index (χ4v) is 3.58. The standard InChI is InChI=1S/C15H16OS/c1-10-8-17-9-14(10)15(16)7-12-6-11-4-2-3-5-13(11)12/h2-5,8-9,12,15-16H,6-7H2,1H3. The number of hydrogen-bond donors (Lipinski definition) is 1. The molecule has 1 aromatic heterocycles. The molecule has 3 rings (SSSR count). The Labute approximate surface area is 106 Å². The lowest BCUT2D eigenvalue weighted by atomic mass is 9.74. The molecular weight excluding hydrogens is 228 g/mol. The van der Waals surface area contributed by atoms with Crippen LogP contribution in [0.1, 0.15) is 40.7 Å². The summed E-state index contributed by atoms with van der Waals surface area (Å²) in [6, 6.07) is 8.56. The SMILES string of the molecule is Cc1cscc1C(O)CC1Cc2ccccc21. The molecule has 0 spiro atoms. The van der Waals surface area contributed by atoms with Gasteiger partial charge in [0.25, 0.3) is 0 Å². The van der Waals surface area contributed by atoms with E-state index in [1.54, 1.807) is 11.3 Å². The smallest absolute Gasteiger partial charge is 0.0806 e. The highest BCUT2D eigenvalue weighted by molar-refractivity contribution is 7.08. The largest absolute Gasteiger partial charge is 0.388 e. The topological polar surface area (TPSA) is 20.2 Å². The van der Waals surface area contributed by atoms with Crippen LogP contribution in [-0.2, 0) is 6.42 Å². The minimum absolute atomic E-state index is 0.306. The van der Waals surface area contributed by atoms with Crippen molar-refractivity contribution in [2.45, 2.75) is 31.8 Å². The molecule has 0 amide bonds. The number of fused-ring (bicyclic) bond motifs is 1. The highest BCUT2D eigenvalue weighted by atomic mass is 32.1. The van der Waals surface area contributed by atoms with Gasteiger partial charge in [0.2, 0.25) is 0 Å². The van der Waals surface area contributed by atoms with Gasteiger partial charge in [-0.1, -0.05) is 24.3 Å². The second-order valence-electron chi connectivity index (χ2n) is 4.86. The maximum Gasteiger partial charge on any atom is 0.0806 e. The van der Waals surface area contributed by atoms with Gasteiger partial charge in [0.05, 0.1) is 6.10 Å². The van der Waals surface area contributed by atoms with E-state index in [2.05, 4.69) is 41.9 Å². The molecule has 1 aliphatic rings. The molecule has 2 heteroatoms. The van der Waals surface area contributed by atoms with Crippen LogP contribution in [0.2, 0.25) is 0 Å². The molecule has 0 saturated carbocycles. The van der Waals surface area contributed by atoms with E-state index in [-0.39, 0.29) is 6.10 Å². The van der Waals surface area contributed by atoms with E-state index in [9.17, 15) is 5.11 Å². The van der Waals surface area contributed by atoms with Gasteiger partial charge >= 0.3 is 0 Å². The van der Waals surface area contributed by atoms with Gasteiger partial charge < -0.3 is 5.11 Å². The van der Waals surface area contributed by atoms with Crippen LogP contribution in [0, 0.1) is 6.92 Å². The molecule has 2 atom stereocenters. The molecule has 1 aromatic carbocycles. The van der Waals surface area contributed by atoms with Crippen molar-refractivity contribution in [2.75, 3.05) is 0 Å². The molecule has 1 N–H and O–H groups in total. The van der Waals surface area contributed by atoms with Crippen molar-refractivity contribution in [1.29, 1.82) is 0 Å². The van der Waals surface area contributed by atoms with Gasteiger partial charge in [0, 0.05) is 0 Å². The summed E-state index contributed by atoms with van der Waals surface area (Å²) >= 11 is 1.67. The van der Waals surface area contributed by atoms with Gasteiger partial charge in [-0.3, -0.25) is 0 Å². The summed E-state index contributed by atoms with van der Waals surface area (Å²) in [6.45, 7) is 2.07. The molecule has 0 aliphatic heterocycles. The lowest BCUT2D eigenvalue weighted by Crippen LogP contribution is -2.19. The Hall–Kier alpha value is -1.12. The Morgan fingerprint density at radius 3 is 2.88 bits per heavy atom. The monoisotopic (exact) mass is 244 g/mol. The third-order valence-electron chi connectivity index (χ3n) is 3.72. The van der Waals surface area contributed by atoms with E-state index >= 15 is 0 Å². The molecule has 2 unspecified atom stereocenters. The molecule has 17 heavy (non-hydrogen) atoms. The maximum atomic E-state index is 10.3. The van der Waals surface area contributed by atoms with Gasteiger partial charge in [-0.25, -0.2) is 0 Å². The first-order chi connectivity index (χ1) is 8.25. The number of benzene rings is 1. The lowest BCUT2D eigenvalue weighted by molar-refractivity contribution is 0.153. The molecule has 1 nitrogen and oxygen atoms in total. The quantitative estimate of drug-likeness (QED) is 0.870. The van der Waals surface area contributed by atoms with Crippen LogP contribution < -0.4 is 0 Å². The van der Waals surface area contributed by atoms with E-state index in [1.807, 2.05) is 0 Å². The Morgan fingerprint density at radius 1 is 1.35 bits per heavy atom. The summed E-state index contributed by atoms with van der Waals surface area (Å²) in [4.78, 5) is 0. The number of aliphatic hydroxyl groups is 1. The first-order valence-corrected chi connectivity index (χ1v) is 6.98. The predicted octanol–water partition coefficient (Wildman–Crippen LogP) is 3.82. The second-order valence-corrected chi connectivity index (χ2v) is 5.61. The number of rotatable bonds is 3. The normalized spacial score (nSPS) is 19.5. The summed E-state index contributed by atoms with van der Waals surface area (Å²) in [5.74, 6) is 0.542. The highest BCUT2D eigenvalue weighted by Crippen LogP contribution is 2.41. The Kier molecular flexibility index (Phi) is 2.77. The van der Waals surface area contributed by atoms with Gasteiger partial charge in [-0.15, -0.1) is 0 Å². The van der Waals surface area contributed by atoms with Crippen LogP contribution in [0.4, 0.5) is 0 Å². The number of aryl methyl sites for hydroxylation is 1. The molecule has 1 heterocycles. The molecule has 88 valence electrons. The van der Waals surface area contributed by atoms with Crippen molar-refractivity contribution in [3.05, 3.63) is 57.3 Å². The fourth-order valence-electron chi connectivity index (χ4n) is 2.68. The van der Waals surface area contributed by atoms with E-state index in [0.717, 1.165) is 18.4 Å². The zero-order valence-electron chi connectivity index (χ0n) is 9.89. The first-order valence-electron chi connectivity index (χ1n) is 6.04. The number of hydrogen-bond acceptors (Lipinski definition) is 2. The molecular formula is C15H16OS. The van der Waals surface area contributed by atoms with Crippen molar-refractivity contribution in [2.24, 2.45) is 0 Å². The van der Waals surface area contributed by atoms with E-state index in [4.69, 9.17) is 0 Å². The third-order valence-corrected chi connectivity index (χ3v) is 4.60. The number of aliphatic hydroxyl groups excluding tert-OH is 1. The Bertz CT molecular complexity index is 529. The molecule has 0 radical (unpaired) electrons. The zero-order chi connectivity index (χ0) is 11.8. The van der Waals surface area contributed by atoms with Crippen LogP contribution in [0.3, 0.4) is 0 Å². The third kappa shape index (κ3) is 1.92. The van der Waals surface area contributed by atoms with E-state index in [0.29, 0.717) is 5.92 Å². The summed E-state index contributed by atoms with van der Waals surface area (Å²) in [5.41, 5.74) is 5.21. The van der Waals surface area contributed by atoms with Gasteiger partial charge in [0.15, 0.2) is 0 Å². The predicted molar refractivity (Wildman–Crippen MR) is 71.5 cm³/mol. The molecule has 0 saturated heterocycles. The minimum atomic E-state index is -0.306. The van der Waals surface area contributed by atoms with Crippen molar-refractivity contribution in [1.82, 2.24) is 0 Å². The van der Waals surface area contributed by atoms with Crippen molar-refractivity contribution in [3.63, 3.8) is 0 Å². The second kappa shape index (κ2) is 4.28. The summed E-state index contributed by atoms with van der Waals surface area (Å²) in [5, 5.41) is 14.4.